The number of nitrogens with two attached hydrogens (primary N) is 1. The van der Waals surface area contributed by atoms with Gasteiger partial charge in [-0.3, -0.25) is 4.79 Å². The van der Waals surface area contributed by atoms with Gasteiger partial charge in [-0.1, -0.05) is 12.1 Å². The van der Waals surface area contributed by atoms with Crippen LogP contribution in [0.15, 0.2) is 24.3 Å². The standard InChI is InChI=1S/C17H21NO3S2/c1-4-21-15(20)9-17(18,22)12-8-14(23-11(12)3)16-10(2)6-5-7-13(16)19/h5-8,19,22H,4,9,18H2,1-3H3/t17-/m0/s1. The Hall–Kier alpha value is -1.50. The summed E-state index contributed by atoms with van der Waals surface area (Å²) in [4.78, 5) is 12.5. The van der Waals surface area contributed by atoms with Gasteiger partial charge in [0.25, 0.3) is 0 Å². The first-order chi connectivity index (χ1) is 10.8. The molecule has 1 aromatic heterocycles. The molecule has 0 radical (unpaired) electrons. The molecule has 0 saturated heterocycles. The van der Waals surface area contributed by atoms with Gasteiger partial charge in [0.15, 0.2) is 0 Å². The number of thiol groups is 1. The van der Waals surface area contributed by atoms with Gasteiger partial charge in [-0.15, -0.1) is 11.3 Å². The summed E-state index contributed by atoms with van der Waals surface area (Å²) < 4.78 is 4.96. The highest BCUT2D eigenvalue weighted by atomic mass is 32.1. The summed E-state index contributed by atoms with van der Waals surface area (Å²) in [6, 6.07) is 7.31. The van der Waals surface area contributed by atoms with Crippen molar-refractivity contribution in [3.05, 3.63) is 40.3 Å². The average molecular weight is 351 g/mol. The lowest BCUT2D eigenvalue weighted by Gasteiger charge is -2.22. The molecule has 0 unspecified atom stereocenters. The summed E-state index contributed by atoms with van der Waals surface area (Å²) in [5.41, 5.74) is 8.78. The normalized spacial score (nSPS) is 13.6. The van der Waals surface area contributed by atoms with Gasteiger partial charge in [0.05, 0.1) is 17.9 Å². The van der Waals surface area contributed by atoms with E-state index in [1.54, 1.807) is 13.0 Å². The molecule has 1 atom stereocenters. The molecule has 0 fully saturated rings. The predicted octanol–water partition coefficient (Wildman–Crippen LogP) is 3.73. The first-order valence-electron chi connectivity index (χ1n) is 7.33. The van der Waals surface area contributed by atoms with Gasteiger partial charge in [0, 0.05) is 15.3 Å². The Morgan fingerprint density at radius 3 is 2.74 bits per heavy atom. The molecule has 0 aliphatic heterocycles. The van der Waals surface area contributed by atoms with E-state index >= 15 is 0 Å². The zero-order valence-corrected chi connectivity index (χ0v) is 15.1. The molecule has 0 saturated carbocycles. The van der Waals surface area contributed by atoms with Gasteiger partial charge < -0.3 is 15.6 Å². The van der Waals surface area contributed by atoms with Gasteiger partial charge in [0.2, 0.25) is 0 Å². The SMILES string of the molecule is CCOC(=O)C[C@](N)(S)c1cc(-c2c(C)cccc2O)sc1C. The summed E-state index contributed by atoms with van der Waals surface area (Å²) in [6.45, 7) is 5.94. The van der Waals surface area contributed by atoms with Gasteiger partial charge in [-0.25, -0.2) is 0 Å². The number of phenols is 1. The highest BCUT2D eigenvalue weighted by molar-refractivity contribution is 7.81. The Morgan fingerprint density at radius 1 is 1.43 bits per heavy atom. The van der Waals surface area contributed by atoms with Crippen LogP contribution in [0.5, 0.6) is 5.75 Å². The van der Waals surface area contributed by atoms with Gasteiger partial charge in [-0.05, 0) is 44.0 Å². The van der Waals surface area contributed by atoms with Crippen molar-refractivity contribution in [3.63, 3.8) is 0 Å². The Morgan fingerprint density at radius 2 is 2.13 bits per heavy atom. The van der Waals surface area contributed by atoms with E-state index in [1.807, 2.05) is 32.0 Å². The van der Waals surface area contributed by atoms with Crippen LogP contribution < -0.4 is 5.73 Å². The number of esters is 1. The first-order valence-corrected chi connectivity index (χ1v) is 8.59. The van der Waals surface area contributed by atoms with E-state index in [9.17, 15) is 9.90 Å². The van der Waals surface area contributed by atoms with Crippen molar-refractivity contribution in [2.24, 2.45) is 5.73 Å². The maximum atomic E-state index is 11.7. The number of aromatic hydroxyl groups is 1. The van der Waals surface area contributed by atoms with Crippen LogP contribution in [0.4, 0.5) is 0 Å². The zero-order valence-electron chi connectivity index (χ0n) is 13.4. The molecule has 2 aromatic rings. The van der Waals surface area contributed by atoms with Gasteiger partial charge >= 0.3 is 5.97 Å². The molecule has 23 heavy (non-hydrogen) atoms. The zero-order chi connectivity index (χ0) is 17.2. The van der Waals surface area contributed by atoms with Crippen molar-refractivity contribution in [2.75, 3.05) is 6.61 Å². The summed E-state index contributed by atoms with van der Waals surface area (Å²) in [7, 11) is 0. The van der Waals surface area contributed by atoms with E-state index in [1.165, 1.54) is 11.3 Å². The third-order valence-corrected chi connectivity index (χ3v) is 5.07. The molecule has 0 aliphatic rings. The molecule has 3 N–H and O–H groups in total. The number of carbonyl (C=O) groups is 1. The number of aryl methyl sites for hydroxylation is 2. The van der Waals surface area contributed by atoms with E-state index < -0.39 is 4.87 Å². The number of phenolic OH excluding ortho intramolecular Hbond substituents is 1. The Kier molecular flexibility index (Phi) is 5.39. The van der Waals surface area contributed by atoms with Crippen LogP contribution in [0.3, 0.4) is 0 Å². The summed E-state index contributed by atoms with van der Waals surface area (Å²) >= 11 is 6.00. The van der Waals surface area contributed by atoms with Crippen LogP contribution >= 0.6 is 24.0 Å². The number of ether oxygens (including phenoxy) is 1. The largest absolute Gasteiger partial charge is 0.507 e. The highest BCUT2D eigenvalue weighted by Crippen LogP contribution is 2.42. The van der Waals surface area contributed by atoms with Crippen molar-refractivity contribution < 1.29 is 14.6 Å². The van der Waals surface area contributed by atoms with E-state index in [2.05, 4.69) is 12.6 Å². The lowest BCUT2D eigenvalue weighted by Crippen LogP contribution is -2.34. The lowest BCUT2D eigenvalue weighted by molar-refractivity contribution is -0.143. The minimum absolute atomic E-state index is 0.0132. The number of hydrogen-bond acceptors (Lipinski definition) is 6. The fourth-order valence-corrected chi connectivity index (χ4v) is 4.20. The summed E-state index contributed by atoms with van der Waals surface area (Å²) in [5.74, 6) is -0.152. The van der Waals surface area contributed by atoms with Crippen LogP contribution in [0.2, 0.25) is 0 Å². The first kappa shape index (κ1) is 17.8. The van der Waals surface area contributed by atoms with Crippen LogP contribution in [0.25, 0.3) is 10.4 Å². The Labute approximate surface area is 145 Å². The molecule has 4 nitrogen and oxygen atoms in total. The molecule has 1 heterocycles. The number of carbonyl (C=O) groups excluding carboxylic acids is 1. The molecule has 0 amide bonds. The molecule has 0 spiro atoms. The van der Waals surface area contributed by atoms with Crippen molar-refractivity contribution in [3.8, 4) is 16.2 Å². The maximum absolute atomic E-state index is 11.7. The van der Waals surface area contributed by atoms with Crippen LogP contribution in [-0.4, -0.2) is 17.7 Å². The van der Waals surface area contributed by atoms with E-state index in [0.29, 0.717) is 6.61 Å². The topological polar surface area (TPSA) is 72.5 Å². The molecular weight excluding hydrogens is 330 g/mol. The van der Waals surface area contributed by atoms with E-state index in [4.69, 9.17) is 10.5 Å². The number of benzene rings is 1. The van der Waals surface area contributed by atoms with Crippen LogP contribution in [0.1, 0.15) is 29.3 Å². The van der Waals surface area contributed by atoms with E-state index in [-0.39, 0.29) is 18.1 Å². The monoisotopic (exact) mass is 351 g/mol. The van der Waals surface area contributed by atoms with Gasteiger partial charge in [-0.2, -0.15) is 12.6 Å². The molecule has 2 rings (SSSR count). The van der Waals surface area contributed by atoms with Crippen molar-refractivity contribution >= 4 is 29.9 Å². The maximum Gasteiger partial charge on any atom is 0.308 e. The molecular formula is C17H21NO3S2. The fraction of sp³-hybridized carbons (Fsp3) is 0.353. The second-order valence-electron chi connectivity index (χ2n) is 5.46. The number of thiophene rings is 1. The minimum Gasteiger partial charge on any atom is -0.507 e. The number of hydrogen-bond donors (Lipinski definition) is 3. The number of rotatable bonds is 5. The van der Waals surface area contributed by atoms with Crippen LogP contribution in [0, 0.1) is 13.8 Å². The Balaban J connectivity index is 2.40. The second kappa shape index (κ2) is 6.95. The smallest absolute Gasteiger partial charge is 0.308 e. The molecule has 1 aromatic carbocycles. The third-order valence-electron chi connectivity index (χ3n) is 3.60. The third kappa shape index (κ3) is 3.88. The summed E-state index contributed by atoms with van der Waals surface area (Å²) in [6.07, 6.45) is -0.0132. The molecule has 6 heteroatoms. The molecule has 0 bridgehead atoms. The van der Waals surface area contributed by atoms with Crippen molar-refractivity contribution in [1.29, 1.82) is 0 Å². The predicted molar refractivity (Wildman–Crippen MR) is 97.0 cm³/mol. The quantitative estimate of drug-likeness (QED) is 0.436. The van der Waals surface area contributed by atoms with Crippen molar-refractivity contribution in [1.82, 2.24) is 0 Å². The molecule has 124 valence electrons. The van der Waals surface area contributed by atoms with E-state index in [0.717, 1.165) is 26.4 Å². The lowest BCUT2D eigenvalue weighted by atomic mass is 10.0. The van der Waals surface area contributed by atoms with Crippen molar-refractivity contribution in [2.45, 2.75) is 32.1 Å². The van der Waals surface area contributed by atoms with Crippen LogP contribution in [-0.2, 0) is 14.4 Å². The minimum atomic E-state index is -1.11. The Bertz CT molecular complexity index is 702. The highest BCUT2D eigenvalue weighted by Gasteiger charge is 2.30. The van der Waals surface area contributed by atoms with Gasteiger partial charge in [0.1, 0.15) is 5.75 Å². The fourth-order valence-electron chi connectivity index (χ4n) is 2.54. The average Bonchev–Trinajstić information content (AvgIpc) is 2.81. The summed E-state index contributed by atoms with van der Waals surface area (Å²) in [5, 5.41) is 10.1. The second-order valence-corrected chi connectivity index (χ2v) is 7.51. The molecule has 0 aliphatic carbocycles.